The Labute approximate surface area is 101 Å². The number of anilines is 1. The van der Waals surface area contributed by atoms with Crippen LogP contribution in [0.3, 0.4) is 0 Å². The molecule has 0 aliphatic rings. The molecule has 4 N–H and O–H groups in total. The van der Waals surface area contributed by atoms with Gasteiger partial charge in [-0.1, -0.05) is 12.1 Å². The maximum Gasteiger partial charge on any atom is 0.170 e. The third-order valence-electron chi connectivity index (χ3n) is 2.50. The van der Waals surface area contributed by atoms with Crippen LogP contribution in [0.4, 0.5) is 5.69 Å². The zero-order chi connectivity index (χ0) is 12.7. The van der Waals surface area contributed by atoms with Crippen LogP contribution in [0.1, 0.15) is 18.9 Å². The fourth-order valence-electron chi connectivity index (χ4n) is 1.66. The minimum absolute atomic E-state index is 0.0979. The highest BCUT2D eigenvalue weighted by Crippen LogP contribution is 2.15. The fraction of sp³-hybridized carbons (Fsp3) is 0.417. The van der Waals surface area contributed by atoms with Gasteiger partial charge in [0.05, 0.1) is 6.61 Å². The molecule has 1 aromatic carbocycles. The molecule has 0 amide bonds. The van der Waals surface area contributed by atoms with Crippen molar-refractivity contribution in [3.05, 3.63) is 29.8 Å². The predicted octanol–water partition coefficient (Wildman–Crippen LogP) is 0.990. The van der Waals surface area contributed by atoms with Crippen LogP contribution in [0.25, 0.3) is 0 Å². The van der Waals surface area contributed by atoms with Crippen molar-refractivity contribution in [3.63, 3.8) is 0 Å². The molecular weight excluding hydrogens is 218 g/mol. The molecule has 0 saturated carbocycles. The van der Waals surface area contributed by atoms with Crippen molar-refractivity contribution in [3.8, 4) is 0 Å². The molecule has 17 heavy (non-hydrogen) atoms. The number of hydrogen-bond donors (Lipinski definition) is 3. The number of rotatable bonds is 6. The van der Waals surface area contributed by atoms with E-state index in [-0.39, 0.29) is 12.4 Å². The average Bonchev–Trinajstić information content (AvgIpc) is 2.38. The molecule has 1 aromatic rings. The van der Waals surface area contributed by atoms with E-state index in [1.807, 2.05) is 12.1 Å². The molecule has 0 radical (unpaired) electrons. The number of hydrogen-bond acceptors (Lipinski definition) is 4. The van der Waals surface area contributed by atoms with Gasteiger partial charge in [-0.05, 0) is 30.7 Å². The van der Waals surface area contributed by atoms with Gasteiger partial charge in [0, 0.05) is 24.3 Å². The molecule has 0 bridgehead atoms. The summed E-state index contributed by atoms with van der Waals surface area (Å²) in [5.41, 5.74) is 7.19. The summed E-state index contributed by atoms with van der Waals surface area (Å²) in [5, 5.41) is 20.5. The molecule has 5 heteroatoms. The van der Waals surface area contributed by atoms with Crippen LogP contribution in [0.5, 0.6) is 0 Å². The number of nitrogens with two attached hydrogens (primary N) is 1. The predicted molar refractivity (Wildman–Crippen MR) is 68.5 cm³/mol. The summed E-state index contributed by atoms with van der Waals surface area (Å²) in [6.45, 7) is 3.72. The van der Waals surface area contributed by atoms with E-state index < -0.39 is 0 Å². The monoisotopic (exact) mass is 237 g/mol. The number of oxime groups is 1. The molecule has 0 aromatic heterocycles. The highest BCUT2D eigenvalue weighted by Gasteiger charge is 2.05. The highest BCUT2D eigenvalue weighted by molar-refractivity contribution is 5.97. The summed E-state index contributed by atoms with van der Waals surface area (Å²) < 4.78 is 0. The Morgan fingerprint density at radius 2 is 1.94 bits per heavy atom. The minimum Gasteiger partial charge on any atom is -0.409 e. The number of nitrogens with zero attached hydrogens (tertiary/aromatic N) is 2. The minimum atomic E-state index is 0.0979. The molecule has 0 fully saturated rings. The zero-order valence-corrected chi connectivity index (χ0v) is 10.0. The second-order valence-corrected chi connectivity index (χ2v) is 3.74. The first kappa shape index (κ1) is 13.3. The maximum absolute atomic E-state index is 8.99. The first-order valence-electron chi connectivity index (χ1n) is 5.66. The summed E-state index contributed by atoms with van der Waals surface area (Å²) in [6.07, 6.45) is 1.02. The van der Waals surface area contributed by atoms with E-state index in [1.165, 1.54) is 0 Å². The van der Waals surface area contributed by atoms with Gasteiger partial charge in [-0.25, -0.2) is 0 Å². The van der Waals surface area contributed by atoms with Gasteiger partial charge in [-0.3, -0.25) is 0 Å². The van der Waals surface area contributed by atoms with Gasteiger partial charge in [0.25, 0.3) is 0 Å². The SMILES string of the molecule is CCCN(CCO)c1ccc(/C(N)=N/O)cc1. The van der Waals surface area contributed by atoms with Crippen molar-refractivity contribution in [2.24, 2.45) is 10.9 Å². The van der Waals surface area contributed by atoms with Crippen molar-refractivity contribution < 1.29 is 10.3 Å². The average molecular weight is 237 g/mol. The Morgan fingerprint density at radius 1 is 1.29 bits per heavy atom. The third kappa shape index (κ3) is 3.64. The van der Waals surface area contributed by atoms with Gasteiger partial charge in [-0.2, -0.15) is 0 Å². The van der Waals surface area contributed by atoms with E-state index >= 15 is 0 Å². The Balaban J connectivity index is 2.83. The van der Waals surface area contributed by atoms with E-state index in [0.717, 1.165) is 18.7 Å². The number of aliphatic hydroxyl groups is 1. The van der Waals surface area contributed by atoms with Crippen molar-refractivity contribution >= 4 is 11.5 Å². The lowest BCUT2D eigenvalue weighted by Crippen LogP contribution is -2.27. The molecule has 94 valence electrons. The van der Waals surface area contributed by atoms with Crippen molar-refractivity contribution in [2.75, 3.05) is 24.6 Å². The molecule has 1 rings (SSSR count). The summed E-state index contributed by atoms with van der Waals surface area (Å²) in [6, 6.07) is 7.40. The van der Waals surface area contributed by atoms with Gasteiger partial charge in [-0.15, -0.1) is 0 Å². The first-order chi connectivity index (χ1) is 8.22. The lowest BCUT2D eigenvalue weighted by molar-refractivity contribution is 0.302. The van der Waals surface area contributed by atoms with Gasteiger partial charge in [0.2, 0.25) is 0 Å². The Hall–Kier alpha value is -1.75. The van der Waals surface area contributed by atoms with Gasteiger partial charge >= 0.3 is 0 Å². The van der Waals surface area contributed by atoms with Crippen LogP contribution in [0.15, 0.2) is 29.4 Å². The lowest BCUT2D eigenvalue weighted by Gasteiger charge is -2.23. The lowest BCUT2D eigenvalue weighted by atomic mass is 10.2. The van der Waals surface area contributed by atoms with Crippen LogP contribution in [-0.2, 0) is 0 Å². The number of benzene rings is 1. The molecule has 0 aliphatic heterocycles. The zero-order valence-electron chi connectivity index (χ0n) is 10.0. The maximum atomic E-state index is 8.99. The van der Waals surface area contributed by atoms with Gasteiger partial charge in [0.15, 0.2) is 5.84 Å². The van der Waals surface area contributed by atoms with Crippen LogP contribution >= 0.6 is 0 Å². The smallest absolute Gasteiger partial charge is 0.170 e. The third-order valence-corrected chi connectivity index (χ3v) is 2.50. The van der Waals surface area contributed by atoms with Crippen LogP contribution in [-0.4, -0.2) is 35.8 Å². The molecule has 0 unspecified atom stereocenters. The molecule has 0 aliphatic carbocycles. The van der Waals surface area contributed by atoms with Crippen molar-refractivity contribution in [2.45, 2.75) is 13.3 Å². The van der Waals surface area contributed by atoms with Gasteiger partial charge in [0.1, 0.15) is 0 Å². The van der Waals surface area contributed by atoms with Crippen LogP contribution in [0, 0.1) is 0 Å². The number of amidine groups is 1. The largest absolute Gasteiger partial charge is 0.409 e. The normalized spacial score (nSPS) is 11.5. The fourth-order valence-corrected chi connectivity index (χ4v) is 1.66. The van der Waals surface area contributed by atoms with E-state index in [4.69, 9.17) is 16.0 Å². The first-order valence-corrected chi connectivity index (χ1v) is 5.66. The molecule has 0 saturated heterocycles. The van der Waals surface area contributed by atoms with Crippen molar-refractivity contribution in [1.82, 2.24) is 0 Å². The van der Waals surface area contributed by atoms with E-state index in [0.29, 0.717) is 12.1 Å². The van der Waals surface area contributed by atoms with Crippen molar-refractivity contribution in [1.29, 1.82) is 0 Å². The Kier molecular flexibility index (Phi) is 5.29. The summed E-state index contributed by atoms with van der Waals surface area (Å²) in [5.74, 6) is 0.0979. The Bertz CT molecular complexity index is 357. The highest BCUT2D eigenvalue weighted by atomic mass is 16.4. The van der Waals surface area contributed by atoms with Crippen LogP contribution in [0.2, 0.25) is 0 Å². The van der Waals surface area contributed by atoms with E-state index in [2.05, 4.69) is 17.0 Å². The molecule has 5 nitrogen and oxygen atoms in total. The molecule has 0 heterocycles. The molecule has 0 spiro atoms. The quantitative estimate of drug-likeness (QED) is 0.298. The summed E-state index contributed by atoms with van der Waals surface area (Å²) in [7, 11) is 0. The topological polar surface area (TPSA) is 82.1 Å². The summed E-state index contributed by atoms with van der Waals surface area (Å²) in [4.78, 5) is 2.09. The molecular formula is C12H19N3O2. The van der Waals surface area contributed by atoms with E-state index in [9.17, 15) is 0 Å². The number of aliphatic hydroxyl groups excluding tert-OH is 1. The second-order valence-electron chi connectivity index (χ2n) is 3.74. The van der Waals surface area contributed by atoms with E-state index in [1.54, 1.807) is 12.1 Å². The summed E-state index contributed by atoms with van der Waals surface area (Å²) >= 11 is 0. The van der Waals surface area contributed by atoms with Gasteiger partial charge < -0.3 is 20.9 Å². The molecule has 0 atom stereocenters. The standard InChI is InChI=1S/C12H19N3O2/c1-2-7-15(8-9-16)11-5-3-10(4-6-11)12(13)14-17/h3-6,16-17H,2,7-9H2,1H3,(H2,13,14). The Morgan fingerprint density at radius 3 is 2.41 bits per heavy atom. The second kappa shape index (κ2) is 6.75. The van der Waals surface area contributed by atoms with Crippen LogP contribution < -0.4 is 10.6 Å².